The molecule has 3 rings (SSSR count). The minimum absolute atomic E-state index is 0.565. The maximum absolute atomic E-state index is 7.50. The van der Waals surface area contributed by atoms with Crippen LogP contribution in [-0.2, 0) is 0 Å². The van der Waals surface area contributed by atoms with Crippen LogP contribution in [0.3, 0.4) is 0 Å². The van der Waals surface area contributed by atoms with Crippen molar-refractivity contribution in [3.8, 4) is 0 Å². The summed E-state index contributed by atoms with van der Waals surface area (Å²) in [5.41, 5.74) is 2.00. The normalized spacial score (nSPS) is 20.5. The van der Waals surface area contributed by atoms with E-state index < -0.39 is 0 Å². The Bertz CT molecular complexity index is 547. The van der Waals surface area contributed by atoms with E-state index in [1.165, 1.54) is 31.2 Å². The molecular weight excluding hydrogens is 272 g/mol. The first-order valence-electron chi connectivity index (χ1n) is 8.55. The second-order valence-electron chi connectivity index (χ2n) is 6.82. The van der Waals surface area contributed by atoms with E-state index in [9.17, 15) is 0 Å². The van der Waals surface area contributed by atoms with Crippen LogP contribution in [0.5, 0.6) is 0 Å². The Morgan fingerprint density at radius 1 is 1.18 bits per heavy atom. The molecule has 2 fully saturated rings. The van der Waals surface area contributed by atoms with E-state index in [2.05, 4.69) is 39.5 Å². The number of rotatable bonds is 3. The topological polar surface area (TPSA) is 23.7 Å². The van der Waals surface area contributed by atoms with Gasteiger partial charge in [-0.1, -0.05) is 0 Å². The summed E-state index contributed by atoms with van der Waals surface area (Å²) in [6, 6.07) is 2.74. The van der Waals surface area contributed by atoms with E-state index >= 15 is 0 Å². The third kappa shape index (κ3) is 3.10. The molecular formula is C18H26N4. The van der Waals surface area contributed by atoms with Crippen LogP contribution in [-0.4, -0.2) is 42.1 Å². The maximum atomic E-state index is 7.50. The second kappa shape index (κ2) is 6.66. The van der Waals surface area contributed by atoms with Crippen molar-refractivity contribution in [2.75, 3.05) is 31.1 Å². The van der Waals surface area contributed by atoms with Crippen LogP contribution in [0.4, 0.5) is 11.5 Å². The van der Waals surface area contributed by atoms with Gasteiger partial charge in [0.05, 0.1) is 6.57 Å². The van der Waals surface area contributed by atoms with Crippen LogP contribution in [0, 0.1) is 6.57 Å². The number of piperidine rings is 1. The van der Waals surface area contributed by atoms with Gasteiger partial charge >= 0.3 is 0 Å². The highest BCUT2D eigenvalue weighted by Crippen LogP contribution is 2.35. The first-order chi connectivity index (χ1) is 10.7. The van der Waals surface area contributed by atoms with Gasteiger partial charge in [0.2, 0.25) is 5.69 Å². The average Bonchev–Trinajstić information content (AvgIpc) is 3.08. The van der Waals surface area contributed by atoms with Gasteiger partial charge in [-0.15, -0.1) is 0 Å². The van der Waals surface area contributed by atoms with Gasteiger partial charge in [-0.05, 0) is 70.2 Å². The number of nitrogens with zero attached hydrogens (tertiary/aromatic N) is 4. The van der Waals surface area contributed by atoms with Gasteiger partial charge in [-0.3, -0.25) is 4.98 Å². The van der Waals surface area contributed by atoms with Gasteiger partial charge in [0, 0.05) is 25.3 Å². The summed E-state index contributed by atoms with van der Waals surface area (Å²) in [7, 11) is 0. The second-order valence-corrected chi connectivity index (χ2v) is 6.82. The molecule has 2 aliphatic heterocycles. The molecule has 2 saturated heterocycles. The number of likely N-dealkylation sites (tertiary alicyclic amines) is 1. The number of aromatic nitrogens is 1. The Morgan fingerprint density at radius 3 is 2.45 bits per heavy atom. The molecule has 0 radical (unpaired) electrons. The highest BCUT2D eigenvalue weighted by Gasteiger charge is 2.24. The number of hydrogen-bond acceptors (Lipinski definition) is 3. The first-order valence-corrected chi connectivity index (χ1v) is 8.55. The van der Waals surface area contributed by atoms with Crippen molar-refractivity contribution in [3.63, 3.8) is 0 Å². The van der Waals surface area contributed by atoms with Crippen molar-refractivity contribution in [3.05, 3.63) is 29.2 Å². The van der Waals surface area contributed by atoms with Crippen LogP contribution in [0.25, 0.3) is 4.85 Å². The lowest BCUT2D eigenvalue weighted by Crippen LogP contribution is -2.37. The van der Waals surface area contributed by atoms with E-state index in [-0.39, 0.29) is 0 Å². The Hall–Kier alpha value is -1.60. The van der Waals surface area contributed by atoms with Crippen LogP contribution in [0.15, 0.2) is 12.3 Å². The molecule has 4 heteroatoms. The van der Waals surface area contributed by atoms with Crippen molar-refractivity contribution in [2.45, 2.75) is 51.5 Å². The maximum Gasteiger partial charge on any atom is 0.228 e. The summed E-state index contributed by atoms with van der Waals surface area (Å²) in [5.74, 6) is 1.46. The van der Waals surface area contributed by atoms with Crippen molar-refractivity contribution < 1.29 is 0 Å². The molecule has 0 aromatic carbocycles. The molecule has 0 bridgehead atoms. The SMILES string of the molecule is [C-]#[N+]c1cc(C2CCN(C(C)C)CC2)cnc1N1CCCC1. The van der Waals surface area contributed by atoms with Gasteiger partial charge in [0.25, 0.3) is 0 Å². The van der Waals surface area contributed by atoms with Crippen molar-refractivity contribution in [1.82, 2.24) is 9.88 Å². The number of pyridine rings is 1. The van der Waals surface area contributed by atoms with E-state index in [0.717, 1.165) is 37.7 Å². The third-order valence-electron chi connectivity index (χ3n) is 5.13. The zero-order chi connectivity index (χ0) is 15.5. The summed E-state index contributed by atoms with van der Waals surface area (Å²) in [5, 5.41) is 0. The monoisotopic (exact) mass is 298 g/mol. The fourth-order valence-corrected chi connectivity index (χ4v) is 3.69. The molecule has 1 aromatic rings. The van der Waals surface area contributed by atoms with Gasteiger partial charge in [-0.25, -0.2) is 4.85 Å². The van der Waals surface area contributed by atoms with Crippen molar-refractivity contribution >= 4 is 11.5 Å². The molecule has 4 nitrogen and oxygen atoms in total. The highest BCUT2D eigenvalue weighted by molar-refractivity contribution is 5.67. The third-order valence-corrected chi connectivity index (χ3v) is 5.13. The molecule has 0 unspecified atom stereocenters. The molecule has 0 saturated carbocycles. The molecule has 22 heavy (non-hydrogen) atoms. The summed E-state index contributed by atoms with van der Waals surface area (Å²) >= 11 is 0. The lowest BCUT2D eigenvalue weighted by molar-refractivity contribution is 0.172. The molecule has 0 atom stereocenters. The Labute approximate surface area is 134 Å². The van der Waals surface area contributed by atoms with E-state index in [1.807, 2.05) is 6.20 Å². The molecule has 2 aliphatic rings. The largest absolute Gasteiger partial charge is 0.365 e. The highest BCUT2D eigenvalue weighted by atomic mass is 15.2. The lowest BCUT2D eigenvalue weighted by Gasteiger charge is -2.34. The molecule has 0 amide bonds. The van der Waals surface area contributed by atoms with Gasteiger partial charge in [0.15, 0.2) is 0 Å². The minimum atomic E-state index is 0.565. The van der Waals surface area contributed by atoms with E-state index in [1.54, 1.807) is 0 Å². The molecule has 1 aromatic heterocycles. The van der Waals surface area contributed by atoms with Crippen molar-refractivity contribution in [2.24, 2.45) is 0 Å². The van der Waals surface area contributed by atoms with E-state index in [0.29, 0.717) is 12.0 Å². The van der Waals surface area contributed by atoms with Gasteiger partial charge < -0.3 is 9.80 Å². The Balaban J connectivity index is 1.74. The summed E-state index contributed by atoms with van der Waals surface area (Å²) in [4.78, 5) is 13.2. The first kappa shape index (κ1) is 15.3. The van der Waals surface area contributed by atoms with Gasteiger partial charge in [0.1, 0.15) is 5.82 Å². The average molecular weight is 298 g/mol. The summed E-state index contributed by atoms with van der Waals surface area (Å²) in [6.07, 6.45) is 6.82. The van der Waals surface area contributed by atoms with Crippen molar-refractivity contribution in [1.29, 1.82) is 0 Å². The number of anilines is 1. The molecule has 118 valence electrons. The fraction of sp³-hybridized carbons (Fsp3) is 0.667. The Morgan fingerprint density at radius 2 is 1.86 bits per heavy atom. The fourth-order valence-electron chi connectivity index (χ4n) is 3.69. The van der Waals surface area contributed by atoms with Crippen LogP contribution >= 0.6 is 0 Å². The minimum Gasteiger partial charge on any atom is -0.365 e. The summed E-state index contributed by atoms with van der Waals surface area (Å²) < 4.78 is 0. The standard InChI is InChI=1S/C18H26N4/c1-14(2)21-10-6-15(7-11-21)16-12-17(19-3)18(20-13-16)22-8-4-5-9-22/h12-15H,4-11H2,1-2H3. The van der Waals surface area contributed by atoms with Crippen LogP contribution < -0.4 is 4.90 Å². The predicted octanol–water partition coefficient (Wildman–Crippen LogP) is 3.82. The summed E-state index contributed by atoms with van der Waals surface area (Å²) in [6.45, 7) is 16.4. The quantitative estimate of drug-likeness (QED) is 0.793. The molecule has 0 spiro atoms. The van der Waals surface area contributed by atoms with E-state index in [4.69, 9.17) is 6.57 Å². The molecule has 3 heterocycles. The van der Waals surface area contributed by atoms with Gasteiger partial charge in [-0.2, -0.15) is 0 Å². The molecule has 0 aliphatic carbocycles. The molecule has 0 N–H and O–H groups in total. The lowest BCUT2D eigenvalue weighted by atomic mass is 9.89. The van der Waals surface area contributed by atoms with Crippen LogP contribution in [0.1, 0.15) is 51.0 Å². The Kier molecular flexibility index (Phi) is 4.63. The zero-order valence-corrected chi connectivity index (χ0v) is 13.8. The smallest absolute Gasteiger partial charge is 0.228 e. The number of hydrogen-bond donors (Lipinski definition) is 0. The van der Waals surface area contributed by atoms with Crippen LogP contribution in [0.2, 0.25) is 0 Å². The predicted molar refractivity (Wildman–Crippen MR) is 90.6 cm³/mol. The zero-order valence-electron chi connectivity index (χ0n) is 13.8.